The Bertz CT molecular complexity index is 543. The third-order valence-electron chi connectivity index (χ3n) is 2.53. The smallest absolute Gasteiger partial charge is 0.219 e. The first-order valence-corrected chi connectivity index (χ1v) is 6.10. The Morgan fingerprint density at radius 1 is 1.28 bits per heavy atom. The Morgan fingerprint density at radius 3 is 2.83 bits per heavy atom. The number of pyridine rings is 1. The van der Waals surface area contributed by atoms with E-state index >= 15 is 0 Å². The van der Waals surface area contributed by atoms with Crippen LogP contribution in [0, 0.1) is 6.92 Å². The molecule has 4 heteroatoms. The van der Waals surface area contributed by atoms with Gasteiger partial charge in [-0.2, -0.15) is 0 Å². The van der Waals surface area contributed by atoms with E-state index in [2.05, 4.69) is 10.3 Å². The molecular formula is C14H15ClN2O. The van der Waals surface area contributed by atoms with Crippen LogP contribution in [-0.4, -0.2) is 12.0 Å². The number of nitrogens with zero attached hydrogens (tertiary/aromatic N) is 1. The normalized spacial score (nSPS) is 10.4. The summed E-state index contributed by atoms with van der Waals surface area (Å²) < 4.78 is 5.75. The quantitative estimate of drug-likeness (QED) is 0.915. The van der Waals surface area contributed by atoms with Crippen molar-refractivity contribution in [1.29, 1.82) is 0 Å². The maximum absolute atomic E-state index is 5.91. The zero-order valence-corrected chi connectivity index (χ0v) is 11.2. The Morgan fingerprint density at radius 2 is 2.11 bits per heavy atom. The monoisotopic (exact) mass is 262 g/mol. The lowest BCUT2D eigenvalue weighted by Gasteiger charge is -2.09. The van der Waals surface area contributed by atoms with Crippen LogP contribution in [-0.2, 0) is 6.54 Å². The molecule has 3 nitrogen and oxygen atoms in total. The molecule has 2 aromatic rings. The topological polar surface area (TPSA) is 34.2 Å². The van der Waals surface area contributed by atoms with Crippen LogP contribution in [0.2, 0.25) is 5.02 Å². The van der Waals surface area contributed by atoms with Crippen LogP contribution in [0.25, 0.3) is 0 Å². The summed E-state index contributed by atoms with van der Waals surface area (Å²) >= 11 is 5.91. The van der Waals surface area contributed by atoms with Crippen LogP contribution in [0.15, 0.2) is 36.5 Å². The third kappa shape index (κ3) is 3.22. The maximum Gasteiger partial charge on any atom is 0.219 e. The second-order valence-corrected chi connectivity index (χ2v) is 4.48. The molecule has 1 N–H and O–H groups in total. The molecule has 0 radical (unpaired) electrons. The number of benzene rings is 1. The van der Waals surface area contributed by atoms with E-state index in [1.54, 1.807) is 12.3 Å². The highest BCUT2D eigenvalue weighted by Crippen LogP contribution is 2.26. The second kappa shape index (κ2) is 5.85. The summed E-state index contributed by atoms with van der Waals surface area (Å²) in [6.45, 7) is 2.75. The van der Waals surface area contributed by atoms with E-state index in [4.69, 9.17) is 16.3 Å². The van der Waals surface area contributed by atoms with Crippen molar-refractivity contribution in [1.82, 2.24) is 10.3 Å². The van der Waals surface area contributed by atoms with Crippen LogP contribution < -0.4 is 10.1 Å². The summed E-state index contributed by atoms with van der Waals surface area (Å²) in [4.78, 5) is 4.20. The molecule has 1 aromatic heterocycles. The van der Waals surface area contributed by atoms with Gasteiger partial charge in [0.05, 0.1) is 0 Å². The van der Waals surface area contributed by atoms with Gasteiger partial charge in [-0.05, 0) is 49.4 Å². The molecule has 0 spiro atoms. The van der Waals surface area contributed by atoms with Crippen molar-refractivity contribution in [3.63, 3.8) is 0 Å². The van der Waals surface area contributed by atoms with E-state index in [1.807, 2.05) is 38.2 Å². The molecule has 0 aliphatic heterocycles. The van der Waals surface area contributed by atoms with Gasteiger partial charge in [-0.15, -0.1) is 0 Å². The van der Waals surface area contributed by atoms with Crippen molar-refractivity contribution >= 4 is 11.6 Å². The second-order valence-electron chi connectivity index (χ2n) is 4.04. The summed E-state index contributed by atoms with van der Waals surface area (Å²) in [7, 11) is 1.91. The average Bonchev–Trinajstić information content (AvgIpc) is 2.34. The summed E-state index contributed by atoms with van der Waals surface area (Å²) in [5.74, 6) is 1.36. The minimum Gasteiger partial charge on any atom is -0.439 e. The first-order valence-electron chi connectivity index (χ1n) is 5.72. The van der Waals surface area contributed by atoms with Gasteiger partial charge in [-0.25, -0.2) is 4.98 Å². The van der Waals surface area contributed by atoms with Gasteiger partial charge < -0.3 is 10.1 Å². The van der Waals surface area contributed by atoms with Gasteiger partial charge in [-0.1, -0.05) is 11.6 Å². The molecule has 0 aliphatic carbocycles. The van der Waals surface area contributed by atoms with Gasteiger partial charge in [0, 0.05) is 23.8 Å². The number of halogens is 1. The number of hydrogen-bond acceptors (Lipinski definition) is 3. The molecule has 1 heterocycles. The number of nitrogens with one attached hydrogen (secondary N) is 1. The van der Waals surface area contributed by atoms with Crippen molar-refractivity contribution in [2.24, 2.45) is 0 Å². The van der Waals surface area contributed by atoms with Crippen LogP contribution in [0.3, 0.4) is 0 Å². The fourth-order valence-electron chi connectivity index (χ4n) is 1.66. The number of aryl methyl sites for hydroxylation is 1. The van der Waals surface area contributed by atoms with Crippen molar-refractivity contribution < 1.29 is 4.74 Å². The summed E-state index contributed by atoms with van der Waals surface area (Å²) in [5.41, 5.74) is 2.12. The fraction of sp³-hybridized carbons (Fsp3) is 0.214. The Balaban J connectivity index is 2.20. The predicted molar refractivity (Wildman–Crippen MR) is 73.3 cm³/mol. The van der Waals surface area contributed by atoms with E-state index in [0.29, 0.717) is 10.9 Å². The molecule has 0 amide bonds. The van der Waals surface area contributed by atoms with E-state index < -0.39 is 0 Å². The molecule has 0 aliphatic rings. The van der Waals surface area contributed by atoms with Gasteiger partial charge in [0.1, 0.15) is 5.75 Å². The molecule has 0 saturated heterocycles. The zero-order chi connectivity index (χ0) is 13.0. The minimum absolute atomic E-state index is 0.591. The largest absolute Gasteiger partial charge is 0.439 e. The minimum atomic E-state index is 0.591. The van der Waals surface area contributed by atoms with E-state index in [0.717, 1.165) is 23.4 Å². The highest BCUT2D eigenvalue weighted by Gasteiger charge is 2.04. The molecule has 18 heavy (non-hydrogen) atoms. The molecule has 0 unspecified atom stereocenters. The third-order valence-corrected chi connectivity index (χ3v) is 2.77. The number of hydrogen-bond donors (Lipinski definition) is 1. The van der Waals surface area contributed by atoms with Gasteiger partial charge in [-0.3, -0.25) is 0 Å². The molecular weight excluding hydrogens is 248 g/mol. The van der Waals surface area contributed by atoms with Crippen molar-refractivity contribution in [2.75, 3.05) is 7.05 Å². The van der Waals surface area contributed by atoms with E-state index in [1.165, 1.54) is 0 Å². The molecule has 0 fully saturated rings. The van der Waals surface area contributed by atoms with Crippen LogP contribution in [0.4, 0.5) is 0 Å². The molecule has 2 rings (SSSR count). The van der Waals surface area contributed by atoms with Crippen LogP contribution >= 0.6 is 11.6 Å². The van der Waals surface area contributed by atoms with Crippen LogP contribution in [0.5, 0.6) is 11.6 Å². The Hall–Kier alpha value is -1.58. The zero-order valence-electron chi connectivity index (χ0n) is 10.4. The first kappa shape index (κ1) is 12.9. The predicted octanol–water partition coefficient (Wildman–Crippen LogP) is 3.56. The van der Waals surface area contributed by atoms with E-state index in [-0.39, 0.29) is 0 Å². The molecule has 1 aromatic carbocycles. The van der Waals surface area contributed by atoms with Crippen molar-refractivity contribution in [2.45, 2.75) is 13.5 Å². The molecule has 0 bridgehead atoms. The Labute approximate surface area is 112 Å². The molecule has 94 valence electrons. The highest BCUT2D eigenvalue weighted by atomic mass is 35.5. The van der Waals surface area contributed by atoms with Crippen LogP contribution in [0.1, 0.15) is 11.1 Å². The van der Waals surface area contributed by atoms with E-state index in [9.17, 15) is 0 Å². The maximum atomic E-state index is 5.91. The summed E-state index contributed by atoms with van der Waals surface area (Å²) in [6.07, 6.45) is 1.74. The molecule has 0 saturated carbocycles. The van der Waals surface area contributed by atoms with Gasteiger partial charge in [0.25, 0.3) is 0 Å². The molecule has 0 atom stereocenters. The van der Waals surface area contributed by atoms with Gasteiger partial charge in [0.15, 0.2) is 0 Å². The summed E-state index contributed by atoms with van der Waals surface area (Å²) in [6, 6.07) is 9.41. The van der Waals surface area contributed by atoms with Gasteiger partial charge >= 0.3 is 0 Å². The summed E-state index contributed by atoms with van der Waals surface area (Å²) in [5, 5.41) is 3.80. The van der Waals surface area contributed by atoms with Gasteiger partial charge in [0.2, 0.25) is 5.88 Å². The standard InChI is InChI=1S/C14H15ClN2O/c1-10-7-12(15)3-4-13(10)18-14-8-11(9-16-2)5-6-17-14/h3-8,16H,9H2,1-2H3. The number of aromatic nitrogens is 1. The van der Waals surface area contributed by atoms with Crippen molar-refractivity contribution in [3.8, 4) is 11.6 Å². The van der Waals surface area contributed by atoms with Crippen molar-refractivity contribution in [3.05, 3.63) is 52.7 Å². The fourth-order valence-corrected chi connectivity index (χ4v) is 1.89. The Kier molecular flexibility index (Phi) is 4.18. The lowest BCUT2D eigenvalue weighted by atomic mass is 10.2. The lowest BCUT2D eigenvalue weighted by molar-refractivity contribution is 0.458. The highest BCUT2D eigenvalue weighted by molar-refractivity contribution is 6.30. The number of ether oxygens (including phenoxy) is 1. The number of rotatable bonds is 4. The average molecular weight is 263 g/mol. The SMILES string of the molecule is CNCc1ccnc(Oc2ccc(Cl)cc2C)c1. The first-order chi connectivity index (χ1) is 8.69. The lowest BCUT2D eigenvalue weighted by Crippen LogP contribution is -2.05.